The van der Waals surface area contributed by atoms with Crippen molar-refractivity contribution in [1.82, 2.24) is 0 Å². The van der Waals surface area contributed by atoms with Gasteiger partial charge in [-0.2, -0.15) is 43.2 Å². The highest BCUT2D eigenvalue weighted by atomic mass is 32.2. The summed E-state index contributed by atoms with van der Waals surface area (Å²) in [5.74, 6) is -8.40. The van der Waals surface area contributed by atoms with Crippen molar-refractivity contribution < 1.29 is 71.3 Å². The number of esters is 1. The highest BCUT2D eigenvalue weighted by molar-refractivity contribution is 7.88. The van der Waals surface area contributed by atoms with E-state index in [0.717, 1.165) is 24.3 Å². The highest BCUT2D eigenvalue weighted by Crippen LogP contribution is 2.51. The molecule has 0 radical (unpaired) electrons. The summed E-state index contributed by atoms with van der Waals surface area (Å²) in [7, 11) is -14.2. The van der Waals surface area contributed by atoms with Gasteiger partial charge in [0.15, 0.2) is 6.61 Å². The Morgan fingerprint density at radius 3 is 1.41 bits per heavy atom. The van der Waals surface area contributed by atoms with Crippen molar-refractivity contribution in [2.24, 2.45) is 0 Å². The van der Waals surface area contributed by atoms with Gasteiger partial charge in [-0.3, -0.25) is 4.55 Å². The summed E-state index contributed by atoms with van der Waals surface area (Å²) in [5.41, 5.74) is 2.56. The molecule has 2 N–H and O–H groups in total. The standard InChI is InChI=1S/C33H28F6O10S2/c1-30(2,3)48-29(41)19-47-27-12-6-21(7-13-27)24-16-23(20-4-10-26(40)11-5-20)17-25(18-24)22-8-14-28(15-9-22)49-51(45,46)33(38,39)31(34,35)32(36,37)50(42,43)44/h4-18,40H,19H2,1-3H3,(H,42,43,44). The van der Waals surface area contributed by atoms with Gasteiger partial charge < -0.3 is 18.8 Å². The molecule has 0 spiro atoms. The zero-order valence-electron chi connectivity index (χ0n) is 26.6. The van der Waals surface area contributed by atoms with Crippen LogP contribution in [0.3, 0.4) is 0 Å². The summed E-state index contributed by atoms with van der Waals surface area (Å²) in [5, 5.41) is -3.99. The first kappa shape index (κ1) is 39.0. The van der Waals surface area contributed by atoms with E-state index in [-0.39, 0.29) is 12.4 Å². The normalized spacial score (nSPS) is 13.1. The predicted molar refractivity (Wildman–Crippen MR) is 172 cm³/mol. The number of halogens is 6. The predicted octanol–water partition coefficient (Wildman–Crippen LogP) is 7.53. The van der Waals surface area contributed by atoms with Crippen LogP contribution >= 0.6 is 0 Å². The minimum atomic E-state index is -7.19. The van der Waals surface area contributed by atoms with Crippen molar-refractivity contribution >= 4 is 26.2 Å². The van der Waals surface area contributed by atoms with Crippen molar-refractivity contribution in [3.05, 3.63) is 91.0 Å². The summed E-state index contributed by atoms with van der Waals surface area (Å²) < 4.78 is 152. The monoisotopic (exact) mass is 762 g/mol. The number of hydrogen-bond donors (Lipinski definition) is 2. The maximum absolute atomic E-state index is 14.3. The molecule has 0 aromatic heterocycles. The molecule has 0 bridgehead atoms. The van der Waals surface area contributed by atoms with Crippen molar-refractivity contribution in [1.29, 1.82) is 0 Å². The largest absolute Gasteiger partial charge is 0.508 e. The first-order valence-corrected chi connectivity index (χ1v) is 17.2. The number of rotatable bonds is 12. The Morgan fingerprint density at radius 1 is 0.627 bits per heavy atom. The van der Waals surface area contributed by atoms with Crippen LogP contribution in [0, 0.1) is 0 Å². The molecular weight excluding hydrogens is 734 g/mol. The van der Waals surface area contributed by atoms with Crippen LogP contribution in [-0.4, -0.2) is 61.1 Å². The number of ether oxygens (including phenoxy) is 2. The molecule has 274 valence electrons. The topological polar surface area (TPSA) is 153 Å². The number of phenols is 1. The fraction of sp³-hybridized carbons (Fsp3) is 0.242. The van der Waals surface area contributed by atoms with Gasteiger partial charge in [0.05, 0.1) is 0 Å². The lowest BCUT2D eigenvalue weighted by atomic mass is 9.93. The lowest BCUT2D eigenvalue weighted by Crippen LogP contribution is -2.61. The van der Waals surface area contributed by atoms with Gasteiger partial charge in [-0.1, -0.05) is 36.4 Å². The fourth-order valence-corrected chi connectivity index (χ4v) is 5.84. The molecule has 4 aromatic carbocycles. The van der Waals surface area contributed by atoms with Gasteiger partial charge in [-0.25, -0.2) is 4.79 Å². The molecule has 4 aromatic rings. The van der Waals surface area contributed by atoms with E-state index in [4.69, 9.17) is 14.0 Å². The second-order valence-corrected chi connectivity index (χ2v) is 14.9. The van der Waals surface area contributed by atoms with Crippen LogP contribution in [0.25, 0.3) is 33.4 Å². The van der Waals surface area contributed by atoms with Gasteiger partial charge in [0.1, 0.15) is 22.8 Å². The average molecular weight is 763 g/mol. The van der Waals surface area contributed by atoms with Crippen LogP contribution in [0.4, 0.5) is 26.3 Å². The minimum Gasteiger partial charge on any atom is -0.508 e. The van der Waals surface area contributed by atoms with E-state index in [2.05, 4.69) is 4.18 Å². The molecule has 0 aliphatic heterocycles. The molecule has 18 heteroatoms. The number of carbonyl (C=O) groups is 1. The molecular formula is C33H28F6O10S2. The first-order valence-electron chi connectivity index (χ1n) is 14.4. The maximum Gasteiger partial charge on any atom is 0.450 e. The highest BCUT2D eigenvalue weighted by Gasteiger charge is 2.83. The third kappa shape index (κ3) is 8.40. The van der Waals surface area contributed by atoms with Crippen molar-refractivity contribution in [3.8, 4) is 50.6 Å². The molecule has 0 saturated carbocycles. The van der Waals surface area contributed by atoms with Gasteiger partial charge in [-0.05, 0) is 109 Å². The Hall–Kier alpha value is -4.81. The van der Waals surface area contributed by atoms with Gasteiger partial charge in [0.2, 0.25) is 0 Å². The molecule has 4 rings (SSSR count). The number of alkyl halides is 6. The Morgan fingerprint density at radius 2 is 1.02 bits per heavy atom. The summed E-state index contributed by atoms with van der Waals surface area (Å²) in [4.78, 5) is 12.0. The van der Waals surface area contributed by atoms with Crippen LogP contribution in [0.2, 0.25) is 0 Å². The number of benzene rings is 4. The smallest absolute Gasteiger partial charge is 0.450 e. The number of carbonyl (C=O) groups excluding carboxylic acids is 1. The van der Waals surface area contributed by atoms with Gasteiger partial charge in [0, 0.05) is 0 Å². The summed E-state index contributed by atoms with van der Waals surface area (Å²) in [6.45, 7) is 4.80. The van der Waals surface area contributed by atoms with Gasteiger partial charge in [0.25, 0.3) is 0 Å². The third-order valence-corrected chi connectivity index (χ3v) is 9.06. The van der Waals surface area contributed by atoms with E-state index < -0.39 is 54.0 Å². The maximum atomic E-state index is 14.3. The molecule has 0 aliphatic carbocycles. The zero-order valence-corrected chi connectivity index (χ0v) is 28.2. The van der Waals surface area contributed by atoms with Crippen LogP contribution in [-0.2, 0) is 29.8 Å². The van der Waals surface area contributed by atoms with Crippen LogP contribution < -0.4 is 8.92 Å². The molecule has 0 heterocycles. The molecule has 51 heavy (non-hydrogen) atoms. The van der Waals surface area contributed by atoms with E-state index in [1.807, 2.05) is 0 Å². The van der Waals surface area contributed by atoms with Crippen molar-refractivity contribution in [3.63, 3.8) is 0 Å². The third-order valence-electron chi connectivity index (χ3n) is 6.86. The summed E-state index contributed by atoms with van der Waals surface area (Å²) in [6, 6.07) is 21.6. The van der Waals surface area contributed by atoms with E-state index >= 15 is 0 Å². The fourth-order valence-electron chi connectivity index (χ4n) is 4.41. The molecule has 10 nitrogen and oxygen atoms in total. The Labute approximate surface area is 288 Å². The van der Waals surface area contributed by atoms with Crippen LogP contribution in [0.15, 0.2) is 91.0 Å². The molecule has 0 fully saturated rings. The molecule has 0 unspecified atom stereocenters. The lowest BCUT2D eigenvalue weighted by molar-refractivity contribution is -0.247. The van der Waals surface area contributed by atoms with Crippen LogP contribution in [0.1, 0.15) is 20.8 Å². The molecule has 0 aliphatic rings. The van der Waals surface area contributed by atoms with Gasteiger partial charge >= 0.3 is 42.6 Å². The number of hydrogen-bond acceptors (Lipinski definition) is 9. The van der Waals surface area contributed by atoms with Gasteiger partial charge in [-0.15, -0.1) is 0 Å². The Balaban J connectivity index is 1.65. The van der Waals surface area contributed by atoms with E-state index in [9.17, 15) is 53.1 Å². The average Bonchev–Trinajstić information content (AvgIpc) is 3.03. The van der Waals surface area contributed by atoms with E-state index in [0.29, 0.717) is 39.1 Å². The summed E-state index contributed by atoms with van der Waals surface area (Å²) >= 11 is 0. The van der Waals surface area contributed by atoms with Crippen molar-refractivity contribution in [2.45, 2.75) is 42.8 Å². The molecule has 0 saturated heterocycles. The SMILES string of the molecule is CC(C)(C)OC(=O)COc1ccc(-c2cc(-c3ccc(O)cc3)cc(-c3ccc(OS(=O)(=O)C(F)(F)C(F)(F)C(F)(F)S(=O)(=O)O)cc3)c2)cc1. The second kappa shape index (κ2) is 13.7. The van der Waals surface area contributed by atoms with E-state index in [1.165, 1.54) is 12.1 Å². The lowest BCUT2D eigenvalue weighted by Gasteiger charge is -2.29. The zero-order chi connectivity index (χ0) is 38.2. The Bertz CT molecular complexity index is 2110. The summed E-state index contributed by atoms with van der Waals surface area (Å²) in [6.07, 6.45) is 0. The van der Waals surface area contributed by atoms with E-state index in [1.54, 1.807) is 75.4 Å². The van der Waals surface area contributed by atoms with Crippen LogP contribution in [0.5, 0.6) is 17.2 Å². The van der Waals surface area contributed by atoms with Crippen molar-refractivity contribution in [2.75, 3.05) is 6.61 Å². The molecule has 0 amide bonds. The quantitative estimate of drug-likeness (QED) is 0.0641. The second-order valence-electron chi connectivity index (χ2n) is 11.9. The number of phenolic OH excluding ortho intramolecular Hbond substituents is 1. The Kier molecular flexibility index (Phi) is 10.5. The number of aromatic hydroxyl groups is 1. The molecule has 0 atom stereocenters. The first-order chi connectivity index (χ1) is 23.3. The minimum absolute atomic E-state index is 0.00677.